The molecule has 21 heavy (non-hydrogen) atoms. The van der Waals surface area contributed by atoms with Crippen LogP contribution in [0.5, 0.6) is 5.75 Å². The zero-order valence-corrected chi connectivity index (χ0v) is 12.2. The van der Waals surface area contributed by atoms with Crippen molar-refractivity contribution in [2.45, 2.75) is 13.0 Å². The molecule has 2 aromatic carbocycles. The third-order valence-corrected chi connectivity index (χ3v) is 3.66. The highest BCUT2D eigenvalue weighted by Gasteiger charge is 2.11. The summed E-state index contributed by atoms with van der Waals surface area (Å²) in [4.78, 5) is 4.22. The molecular weight excluding hydrogens is 260 g/mol. The van der Waals surface area contributed by atoms with Gasteiger partial charge in [-0.3, -0.25) is 4.98 Å². The summed E-state index contributed by atoms with van der Waals surface area (Å²) in [6.07, 6.45) is 3.71. The van der Waals surface area contributed by atoms with Crippen LogP contribution in [-0.2, 0) is 0 Å². The number of para-hydroxylation sites is 1. The lowest BCUT2D eigenvalue weighted by Crippen LogP contribution is -2.08. The molecule has 1 aromatic heterocycles. The molecule has 0 bridgehead atoms. The molecule has 0 aliphatic heterocycles. The summed E-state index contributed by atoms with van der Waals surface area (Å²) in [5.74, 6) is 0.899. The summed E-state index contributed by atoms with van der Waals surface area (Å²) < 4.78 is 5.44. The lowest BCUT2D eigenvalue weighted by molar-refractivity contribution is 0.408. The molecule has 0 fully saturated rings. The van der Waals surface area contributed by atoms with Gasteiger partial charge in [-0.05, 0) is 30.5 Å². The summed E-state index contributed by atoms with van der Waals surface area (Å²) >= 11 is 0. The summed E-state index contributed by atoms with van der Waals surface area (Å²) in [7, 11) is 1.70. The predicted octanol–water partition coefficient (Wildman–Crippen LogP) is 4.42. The zero-order chi connectivity index (χ0) is 14.7. The van der Waals surface area contributed by atoms with E-state index in [2.05, 4.69) is 41.5 Å². The van der Waals surface area contributed by atoms with Crippen LogP contribution in [0.25, 0.3) is 10.8 Å². The maximum atomic E-state index is 5.44. The number of aromatic nitrogens is 1. The molecule has 3 rings (SSSR count). The number of anilines is 1. The number of hydrogen-bond acceptors (Lipinski definition) is 3. The first-order valence-electron chi connectivity index (χ1n) is 7.02. The van der Waals surface area contributed by atoms with E-state index in [0.717, 1.165) is 22.4 Å². The van der Waals surface area contributed by atoms with E-state index >= 15 is 0 Å². The molecule has 0 amide bonds. The van der Waals surface area contributed by atoms with E-state index in [0.29, 0.717) is 0 Å². The molecule has 1 unspecified atom stereocenters. The highest BCUT2D eigenvalue weighted by Crippen LogP contribution is 2.30. The smallest absolute Gasteiger partial charge is 0.124 e. The summed E-state index contributed by atoms with van der Waals surface area (Å²) in [6, 6.07) is 16.5. The Labute approximate surface area is 124 Å². The zero-order valence-electron chi connectivity index (χ0n) is 12.2. The Hall–Kier alpha value is -2.55. The fraction of sp³-hybridized carbons (Fsp3) is 0.167. The van der Waals surface area contributed by atoms with Gasteiger partial charge in [-0.1, -0.05) is 30.3 Å². The second-order valence-electron chi connectivity index (χ2n) is 5.01. The lowest BCUT2D eigenvalue weighted by Gasteiger charge is -2.19. The van der Waals surface area contributed by atoms with E-state index in [1.165, 1.54) is 5.39 Å². The first-order chi connectivity index (χ1) is 10.3. The van der Waals surface area contributed by atoms with Gasteiger partial charge in [0.25, 0.3) is 0 Å². The van der Waals surface area contributed by atoms with Gasteiger partial charge in [0.05, 0.1) is 13.2 Å². The van der Waals surface area contributed by atoms with Crippen molar-refractivity contribution in [2.75, 3.05) is 12.4 Å². The van der Waals surface area contributed by atoms with Crippen LogP contribution >= 0.6 is 0 Å². The number of nitrogens with one attached hydrogen (secondary N) is 1. The Balaban J connectivity index is 1.95. The minimum Gasteiger partial charge on any atom is -0.496 e. The van der Waals surface area contributed by atoms with Crippen molar-refractivity contribution in [3.63, 3.8) is 0 Å². The number of ether oxygens (including phenoxy) is 1. The molecule has 3 aromatic rings. The van der Waals surface area contributed by atoms with E-state index in [1.807, 2.05) is 36.7 Å². The number of rotatable bonds is 4. The monoisotopic (exact) mass is 278 g/mol. The first kappa shape index (κ1) is 13.4. The Morgan fingerprint density at radius 1 is 1.05 bits per heavy atom. The second-order valence-corrected chi connectivity index (χ2v) is 5.01. The van der Waals surface area contributed by atoms with E-state index in [9.17, 15) is 0 Å². The molecule has 106 valence electrons. The van der Waals surface area contributed by atoms with Gasteiger partial charge in [0.2, 0.25) is 0 Å². The number of pyridine rings is 1. The molecule has 0 saturated carbocycles. The van der Waals surface area contributed by atoms with Gasteiger partial charge in [0, 0.05) is 29.0 Å². The molecule has 0 spiro atoms. The third kappa shape index (κ3) is 2.68. The SMILES string of the molecule is COc1ccccc1C(C)Nc1cccc2ccncc12. The highest BCUT2D eigenvalue weighted by molar-refractivity contribution is 5.93. The van der Waals surface area contributed by atoms with E-state index < -0.39 is 0 Å². The van der Waals surface area contributed by atoms with Crippen molar-refractivity contribution in [1.82, 2.24) is 4.98 Å². The number of fused-ring (bicyclic) bond motifs is 1. The Bertz CT molecular complexity index is 750. The van der Waals surface area contributed by atoms with E-state index in [1.54, 1.807) is 7.11 Å². The predicted molar refractivity (Wildman–Crippen MR) is 86.8 cm³/mol. The molecule has 0 aliphatic rings. The quantitative estimate of drug-likeness (QED) is 0.767. The fourth-order valence-corrected chi connectivity index (χ4v) is 2.57. The van der Waals surface area contributed by atoms with Crippen molar-refractivity contribution in [2.24, 2.45) is 0 Å². The minimum atomic E-state index is 0.145. The number of benzene rings is 2. The third-order valence-electron chi connectivity index (χ3n) is 3.66. The summed E-state index contributed by atoms with van der Waals surface area (Å²) in [6.45, 7) is 2.13. The number of nitrogens with zero attached hydrogens (tertiary/aromatic N) is 1. The standard InChI is InChI=1S/C18H18N2O/c1-13(15-7-3-4-9-18(15)21-2)20-17-8-5-6-14-10-11-19-12-16(14)17/h3-13,20H,1-2H3. The first-order valence-corrected chi connectivity index (χ1v) is 7.02. The number of hydrogen-bond donors (Lipinski definition) is 1. The van der Waals surface area contributed by atoms with Gasteiger partial charge in [-0.15, -0.1) is 0 Å². The fourth-order valence-electron chi connectivity index (χ4n) is 2.57. The van der Waals surface area contributed by atoms with Gasteiger partial charge in [-0.25, -0.2) is 0 Å². The van der Waals surface area contributed by atoms with Crippen molar-refractivity contribution < 1.29 is 4.74 Å². The van der Waals surface area contributed by atoms with Crippen molar-refractivity contribution in [1.29, 1.82) is 0 Å². The van der Waals surface area contributed by atoms with Crippen molar-refractivity contribution in [3.8, 4) is 5.75 Å². The van der Waals surface area contributed by atoms with Crippen LogP contribution in [0.3, 0.4) is 0 Å². The van der Waals surface area contributed by atoms with Crippen LogP contribution in [-0.4, -0.2) is 12.1 Å². The Kier molecular flexibility index (Phi) is 3.73. The molecular formula is C18H18N2O. The topological polar surface area (TPSA) is 34.1 Å². The van der Waals surface area contributed by atoms with Gasteiger partial charge < -0.3 is 10.1 Å². The maximum Gasteiger partial charge on any atom is 0.124 e. The average Bonchev–Trinajstić information content (AvgIpc) is 2.55. The van der Waals surface area contributed by atoms with Crippen molar-refractivity contribution in [3.05, 3.63) is 66.5 Å². The number of methoxy groups -OCH3 is 1. The minimum absolute atomic E-state index is 0.145. The van der Waals surface area contributed by atoms with Gasteiger partial charge in [0.15, 0.2) is 0 Å². The molecule has 1 atom stereocenters. The average molecular weight is 278 g/mol. The molecule has 1 N–H and O–H groups in total. The van der Waals surface area contributed by atoms with Gasteiger partial charge in [-0.2, -0.15) is 0 Å². The molecule has 1 heterocycles. The van der Waals surface area contributed by atoms with Crippen LogP contribution in [0.15, 0.2) is 60.9 Å². The normalized spacial score (nSPS) is 12.1. The Morgan fingerprint density at radius 2 is 1.90 bits per heavy atom. The van der Waals surface area contributed by atoms with Crippen LogP contribution in [0.2, 0.25) is 0 Å². The summed E-state index contributed by atoms with van der Waals surface area (Å²) in [5.41, 5.74) is 2.22. The molecule has 0 saturated heterocycles. The molecule has 0 aliphatic carbocycles. The van der Waals surface area contributed by atoms with E-state index in [-0.39, 0.29) is 6.04 Å². The maximum absolute atomic E-state index is 5.44. The largest absolute Gasteiger partial charge is 0.496 e. The molecule has 3 heteroatoms. The Morgan fingerprint density at radius 3 is 2.76 bits per heavy atom. The summed E-state index contributed by atoms with van der Waals surface area (Å²) in [5, 5.41) is 5.87. The van der Waals surface area contributed by atoms with Crippen LogP contribution < -0.4 is 10.1 Å². The van der Waals surface area contributed by atoms with Gasteiger partial charge in [0.1, 0.15) is 5.75 Å². The van der Waals surface area contributed by atoms with Crippen LogP contribution in [0.4, 0.5) is 5.69 Å². The van der Waals surface area contributed by atoms with Crippen LogP contribution in [0.1, 0.15) is 18.5 Å². The molecule has 3 nitrogen and oxygen atoms in total. The highest BCUT2D eigenvalue weighted by atomic mass is 16.5. The van der Waals surface area contributed by atoms with Crippen molar-refractivity contribution >= 4 is 16.5 Å². The van der Waals surface area contributed by atoms with Gasteiger partial charge >= 0.3 is 0 Å². The lowest BCUT2D eigenvalue weighted by atomic mass is 10.1. The molecule has 0 radical (unpaired) electrons. The van der Waals surface area contributed by atoms with Crippen LogP contribution in [0, 0.1) is 0 Å². The van der Waals surface area contributed by atoms with E-state index in [4.69, 9.17) is 4.74 Å². The second kappa shape index (κ2) is 5.83.